The number of nitrogens with one attached hydrogen (secondary N) is 1. The Hall–Kier alpha value is -1.21. The van der Waals surface area contributed by atoms with Gasteiger partial charge in [-0.1, -0.05) is 0 Å². The molecule has 2 rings (SSSR count). The number of nitro groups is 1. The fourth-order valence-corrected chi connectivity index (χ4v) is 2.51. The summed E-state index contributed by atoms with van der Waals surface area (Å²) in [5.74, 6) is 1.23. The highest BCUT2D eigenvalue weighted by molar-refractivity contribution is 9.10. The number of aromatic nitrogens is 1. The minimum atomic E-state index is -0.421. The van der Waals surface area contributed by atoms with Crippen LogP contribution in [0.2, 0.25) is 0 Å². The van der Waals surface area contributed by atoms with Gasteiger partial charge in [0.25, 0.3) is 5.69 Å². The third kappa shape index (κ3) is 3.42. The number of rotatable bonds is 4. The van der Waals surface area contributed by atoms with Crippen molar-refractivity contribution in [1.29, 1.82) is 0 Å². The highest BCUT2D eigenvalue weighted by Gasteiger charge is 2.18. The molecule has 0 atom stereocenters. The molecule has 1 aromatic heterocycles. The van der Waals surface area contributed by atoms with Crippen LogP contribution >= 0.6 is 15.9 Å². The number of pyridine rings is 1. The van der Waals surface area contributed by atoms with E-state index in [0.717, 1.165) is 32.6 Å². The fraction of sp³-hybridized carbons (Fsp3) is 0.583. The molecule has 0 aromatic carbocycles. The molecule has 0 unspecified atom stereocenters. The van der Waals surface area contributed by atoms with E-state index in [1.54, 1.807) is 6.92 Å². The summed E-state index contributed by atoms with van der Waals surface area (Å²) in [5, 5.41) is 14.1. The molecule has 19 heavy (non-hydrogen) atoms. The quantitative estimate of drug-likeness (QED) is 0.678. The summed E-state index contributed by atoms with van der Waals surface area (Å²) in [4.78, 5) is 14.5. The van der Waals surface area contributed by atoms with Crippen molar-refractivity contribution in [3.05, 3.63) is 26.3 Å². The summed E-state index contributed by atoms with van der Waals surface area (Å²) in [6.07, 6.45) is 3.37. The van der Waals surface area contributed by atoms with E-state index in [2.05, 4.69) is 26.2 Å². The molecule has 2 heterocycles. The van der Waals surface area contributed by atoms with Gasteiger partial charge in [0.05, 0.1) is 9.40 Å². The van der Waals surface area contributed by atoms with Gasteiger partial charge in [-0.15, -0.1) is 0 Å². The molecule has 1 aliphatic rings. The minimum absolute atomic E-state index is 0.0310. The van der Waals surface area contributed by atoms with Gasteiger partial charge in [0.2, 0.25) is 0 Å². The first-order valence-electron chi connectivity index (χ1n) is 6.20. The second kappa shape index (κ2) is 6.29. The van der Waals surface area contributed by atoms with Crippen LogP contribution in [-0.2, 0) is 4.74 Å². The van der Waals surface area contributed by atoms with Crippen molar-refractivity contribution in [2.24, 2.45) is 5.92 Å². The maximum absolute atomic E-state index is 10.8. The molecule has 0 amide bonds. The highest BCUT2D eigenvalue weighted by atomic mass is 79.9. The van der Waals surface area contributed by atoms with Crippen LogP contribution in [0.4, 0.5) is 11.5 Å². The normalized spacial score (nSPS) is 16.3. The van der Waals surface area contributed by atoms with E-state index in [0.29, 0.717) is 21.8 Å². The molecular formula is C12H16BrN3O3. The van der Waals surface area contributed by atoms with Crippen LogP contribution in [0, 0.1) is 23.0 Å². The predicted octanol–water partition coefficient (Wildman–Crippen LogP) is 2.90. The Balaban J connectivity index is 2.04. The van der Waals surface area contributed by atoms with Crippen molar-refractivity contribution < 1.29 is 9.66 Å². The lowest BCUT2D eigenvalue weighted by Gasteiger charge is -2.22. The second-order valence-electron chi connectivity index (χ2n) is 4.62. The Bertz CT molecular complexity index is 476. The standard InChI is InChI=1S/C12H16BrN3O3/c1-8-10(16(17)18)7-15-12(11(8)13)14-6-9-2-4-19-5-3-9/h7,9H,2-6H2,1H3,(H,14,15). The Morgan fingerprint density at radius 3 is 2.89 bits per heavy atom. The van der Waals surface area contributed by atoms with E-state index >= 15 is 0 Å². The number of halogens is 1. The van der Waals surface area contributed by atoms with Gasteiger partial charge >= 0.3 is 0 Å². The molecule has 1 aromatic rings. The smallest absolute Gasteiger partial charge is 0.291 e. The molecule has 0 radical (unpaired) electrons. The van der Waals surface area contributed by atoms with E-state index < -0.39 is 4.92 Å². The van der Waals surface area contributed by atoms with Crippen molar-refractivity contribution in [2.45, 2.75) is 19.8 Å². The van der Waals surface area contributed by atoms with Crippen molar-refractivity contribution >= 4 is 27.4 Å². The topological polar surface area (TPSA) is 77.3 Å². The van der Waals surface area contributed by atoms with E-state index in [1.807, 2.05) is 0 Å². The molecule has 1 aliphatic heterocycles. The van der Waals surface area contributed by atoms with Crippen molar-refractivity contribution in [1.82, 2.24) is 4.98 Å². The van der Waals surface area contributed by atoms with Crippen LogP contribution in [0.3, 0.4) is 0 Å². The minimum Gasteiger partial charge on any atom is -0.381 e. The number of hydrogen-bond acceptors (Lipinski definition) is 5. The zero-order valence-corrected chi connectivity index (χ0v) is 12.3. The average Bonchev–Trinajstić information content (AvgIpc) is 2.41. The van der Waals surface area contributed by atoms with Crippen LogP contribution in [-0.4, -0.2) is 29.7 Å². The van der Waals surface area contributed by atoms with Gasteiger partial charge in [0.15, 0.2) is 0 Å². The van der Waals surface area contributed by atoms with Crippen molar-refractivity contribution in [2.75, 3.05) is 25.1 Å². The summed E-state index contributed by atoms with van der Waals surface area (Å²) < 4.78 is 5.97. The van der Waals surface area contributed by atoms with Gasteiger partial charge in [0.1, 0.15) is 12.0 Å². The molecule has 6 nitrogen and oxygen atoms in total. The summed E-state index contributed by atoms with van der Waals surface area (Å²) in [6.45, 7) is 4.14. The van der Waals surface area contributed by atoms with Gasteiger partial charge in [-0.2, -0.15) is 0 Å². The van der Waals surface area contributed by atoms with Crippen LogP contribution in [0.15, 0.2) is 10.7 Å². The molecule has 104 valence electrons. The van der Waals surface area contributed by atoms with Gasteiger partial charge < -0.3 is 10.1 Å². The third-order valence-electron chi connectivity index (χ3n) is 3.33. The van der Waals surface area contributed by atoms with Crippen LogP contribution in [0.5, 0.6) is 0 Å². The van der Waals surface area contributed by atoms with E-state index in [4.69, 9.17) is 4.74 Å². The molecule has 0 spiro atoms. The molecular weight excluding hydrogens is 314 g/mol. The maximum Gasteiger partial charge on any atom is 0.291 e. The van der Waals surface area contributed by atoms with E-state index in [-0.39, 0.29) is 5.69 Å². The predicted molar refractivity (Wildman–Crippen MR) is 75.4 cm³/mol. The first-order chi connectivity index (χ1) is 9.09. The lowest BCUT2D eigenvalue weighted by molar-refractivity contribution is -0.385. The van der Waals surface area contributed by atoms with Crippen molar-refractivity contribution in [3.8, 4) is 0 Å². The van der Waals surface area contributed by atoms with Gasteiger partial charge in [0, 0.05) is 25.3 Å². The molecule has 1 saturated heterocycles. The molecule has 1 N–H and O–H groups in total. The Morgan fingerprint density at radius 1 is 1.58 bits per heavy atom. The summed E-state index contributed by atoms with van der Waals surface area (Å²) in [5.41, 5.74) is 0.623. The van der Waals surface area contributed by atoms with E-state index in [1.165, 1.54) is 6.20 Å². The fourth-order valence-electron chi connectivity index (χ4n) is 2.07. The number of ether oxygens (including phenoxy) is 1. The number of hydrogen-bond donors (Lipinski definition) is 1. The zero-order valence-electron chi connectivity index (χ0n) is 10.7. The average molecular weight is 330 g/mol. The Kier molecular flexibility index (Phi) is 4.71. The van der Waals surface area contributed by atoms with Gasteiger partial charge in [-0.3, -0.25) is 10.1 Å². The maximum atomic E-state index is 10.8. The largest absolute Gasteiger partial charge is 0.381 e. The van der Waals surface area contributed by atoms with Gasteiger partial charge in [-0.25, -0.2) is 4.98 Å². The number of nitrogens with zero attached hydrogens (tertiary/aromatic N) is 2. The Labute approximate surface area is 119 Å². The van der Waals surface area contributed by atoms with Crippen LogP contribution < -0.4 is 5.32 Å². The van der Waals surface area contributed by atoms with Gasteiger partial charge in [-0.05, 0) is 41.6 Å². The van der Waals surface area contributed by atoms with Crippen LogP contribution in [0.1, 0.15) is 18.4 Å². The first kappa shape index (κ1) is 14.2. The lowest BCUT2D eigenvalue weighted by Crippen LogP contribution is -2.23. The zero-order chi connectivity index (χ0) is 13.8. The van der Waals surface area contributed by atoms with E-state index in [9.17, 15) is 10.1 Å². The summed E-state index contributed by atoms with van der Waals surface area (Å²) in [7, 11) is 0. The van der Waals surface area contributed by atoms with Crippen molar-refractivity contribution in [3.63, 3.8) is 0 Å². The molecule has 0 aliphatic carbocycles. The summed E-state index contributed by atoms with van der Waals surface area (Å²) >= 11 is 3.37. The molecule has 7 heteroatoms. The SMILES string of the molecule is Cc1c([N+](=O)[O-])cnc(NCC2CCOCC2)c1Br. The first-order valence-corrected chi connectivity index (χ1v) is 7.00. The molecule has 0 saturated carbocycles. The molecule has 1 fully saturated rings. The number of anilines is 1. The summed E-state index contributed by atoms with van der Waals surface area (Å²) in [6, 6.07) is 0. The molecule has 0 bridgehead atoms. The monoisotopic (exact) mass is 329 g/mol. The van der Waals surface area contributed by atoms with Crippen LogP contribution in [0.25, 0.3) is 0 Å². The Morgan fingerprint density at radius 2 is 2.26 bits per heavy atom. The highest BCUT2D eigenvalue weighted by Crippen LogP contribution is 2.30. The lowest BCUT2D eigenvalue weighted by atomic mass is 10.0. The second-order valence-corrected chi connectivity index (χ2v) is 5.42. The third-order valence-corrected chi connectivity index (χ3v) is 4.30.